The molecule has 2 N–H and O–H groups in total. The van der Waals surface area contributed by atoms with Crippen LogP contribution in [0.1, 0.15) is 32.8 Å². The van der Waals surface area contributed by atoms with Gasteiger partial charge in [-0.2, -0.15) is 5.10 Å². The number of carboxylic acids is 1. The fourth-order valence-electron chi connectivity index (χ4n) is 2.36. The van der Waals surface area contributed by atoms with Crippen LogP contribution in [0.3, 0.4) is 0 Å². The Morgan fingerprint density at radius 2 is 1.96 bits per heavy atom. The van der Waals surface area contributed by atoms with Gasteiger partial charge < -0.3 is 15.2 Å². The lowest BCUT2D eigenvalue weighted by molar-refractivity contribution is -0.142. The third-order valence-electron chi connectivity index (χ3n) is 3.64. The zero-order valence-corrected chi connectivity index (χ0v) is 15.3. The lowest BCUT2D eigenvalue weighted by Gasteiger charge is -2.21. The van der Waals surface area contributed by atoms with Crippen molar-refractivity contribution in [2.45, 2.75) is 45.3 Å². The highest BCUT2D eigenvalue weighted by atomic mass is 16.5. The zero-order valence-electron chi connectivity index (χ0n) is 15.3. The molecule has 7 nitrogen and oxygen atoms in total. The third-order valence-corrected chi connectivity index (χ3v) is 3.64. The molecule has 0 aliphatic carbocycles. The van der Waals surface area contributed by atoms with Gasteiger partial charge in [0.25, 0.3) is 0 Å². The summed E-state index contributed by atoms with van der Waals surface area (Å²) < 4.78 is 7.26. The first-order valence-corrected chi connectivity index (χ1v) is 8.50. The van der Waals surface area contributed by atoms with Gasteiger partial charge in [-0.25, -0.2) is 9.48 Å². The first kappa shape index (κ1) is 19.7. The highest BCUT2D eigenvalue weighted by Gasteiger charge is 2.21. The Morgan fingerprint density at radius 1 is 1.27 bits per heavy atom. The lowest BCUT2D eigenvalue weighted by atomic mass is 10.1. The number of nitrogens with one attached hydrogen (secondary N) is 1. The summed E-state index contributed by atoms with van der Waals surface area (Å²) in [5, 5.41) is 16.0. The number of carboxylic acid groups (broad SMARTS) is 1. The van der Waals surface area contributed by atoms with Crippen LogP contribution in [0.4, 0.5) is 0 Å². The molecule has 7 heteroatoms. The first-order chi connectivity index (χ1) is 12.2. The number of aromatic nitrogens is 2. The summed E-state index contributed by atoms with van der Waals surface area (Å²) in [5.74, 6) is -1.40. The van der Waals surface area contributed by atoms with E-state index < -0.39 is 12.0 Å². The zero-order chi connectivity index (χ0) is 19.2. The number of nitrogens with zero attached hydrogens (tertiary/aromatic N) is 2. The third kappa shape index (κ3) is 6.33. The van der Waals surface area contributed by atoms with E-state index in [4.69, 9.17) is 4.74 Å². The molecule has 2 rings (SSSR count). The van der Waals surface area contributed by atoms with Crippen molar-refractivity contribution < 1.29 is 19.4 Å². The van der Waals surface area contributed by atoms with E-state index in [0.717, 1.165) is 11.3 Å². The highest BCUT2D eigenvalue weighted by molar-refractivity contribution is 5.84. The average molecular weight is 359 g/mol. The number of ether oxygens (including phenoxy) is 1. The van der Waals surface area contributed by atoms with Crippen molar-refractivity contribution in [1.82, 2.24) is 15.1 Å². The van der Waals surface area contributed by atoms with E-state index in [1.54, 1.807) is 10.9 Å². The van der Waals surface area contributed by atoms with Crippen LogP contribution in [0.25, 0.3) is 5.69 Å². The molecule has 0 saturated heterocycles. The van der Waals surface area contributed by atoms with Crippen molar-refractivity contribution in [2.75, 3.05) is 6.61 Å². The van der Waals surface area contributed by atoms with E-state index in [1.807, 2.05) is 57.3 Å². The Morgan fingerprint density at radius 3 is 2.50 bits per heavy atom. The number of aliphatic carboxylic acids is 1. The molecule has 1 unspecified atom stereocenters. The summed E-state index contributed by atoms with van der Waals surface area (Å²) in [6.07, 6.45) is 3.86. The van der Waals surface area contributed by atoms with Crippen molar-refractivity contribution in [3.05, 3.63) is 48.3 Å². The van der Waals surface area contributed by atoms with Gasteiger partial charge in [0, 0.05) is 25.4 Å². The van der Waals surface area contributed by atoms with Crippen LogP contribution in [0.15, 0.2) is 42.7 Å². The quantitative estimate of drug-likeness (QED) is 0.754. The fourth-order valence-corrected chi connectivity index (χ4v) is 2.36. The molecular formula is C19H25N3O4. The molecule has 1 aromatic heterocycles. The SMILES string of the molecule is CC(C)(C)OCCC(NC(=O)Cc1ccc(-n2cccn2)cc1)C(=O)O. The van der Waals surface area contributed by atoms with Crippen molar-refractivity contribution in [3.8, 4) is 5.69 Å². The van der Waals surface area contributed by atoms with E-state index in [9.17, 15) is 14.7 Å². The number of hydrogen-bond acceptors (Lipinski definition) is 4. The number of hydrogen-bond donors (Lipinski definition) is 2. The van der Waals surface area contributed by atoms with Gasteiger partial charge in [0.15, 0.2) is 0 Å². The van der Waals surface area contributed by atoms with Crippen LogP contribution in [-0.2, 0) is 20.7 Å². The maximum absolute atomic E-state index is 12.2. The molecule has 0 fully saturated rings. The predicted molar refractivity (Wildman–Crippen MR) is 97.2 cm³/mol. The molecule has 1 amide bonds. The number of benzene rings is 1. The van der Waals surface area contributed by atoms with Gasteiger partial charge in [-0.1, -0.05) is 12.1 Å². The van der Waals surface area contributed by atoms with Crippen LogP contribution >= 0.6 is 0 Å². The molecule has 1 atom stereocenters. The van der Waals surface area contributed by atoms with Crippen LogP contribution in [0.5, 0.6) is 0 Å². The fraction of sp³-hybridized carbons (Fsp3) is 0.421. The largest absolute Gasteiger partial charge is 0.480 e. The topological polar surface area (TPSA) is 93.5 Å². The predicted octanol–water partition coefficient (Wildman–Crippen LogP) is 2.19. The number of amides is 1. The van der Waals surface area contributed by atoms with Crippen molar-refractivity contribution in [3.63, 3.8) is 0 Å². The minimum Gasteiger partial charge on any atom is -0.480 e. The van der Waals surface area contributed by atoms with Gasteiger partial charge in [-0.15, -0.1) is 0 Å². The molecule has 0 spiro atoms. The molecule has 0 bridgehead atoms. The summed E-state index contributed by atoms with van der Waals surface area (Å²) in [4.78, 5) is 23.5. The second-order valence-corrected chi connectivity index (χ2v) is 7.00. The minimum atomic E-state index is -1.06. The Labute approximate surface area is 153 Å². The van der Waals surface area contributed by atoms with Crippen molar-refractivity contribution >= 4 is 11.9 Å². The molecule has 0 saturated carbocycles. The molecule has 1 heterocycles. The van der Waals surface area contributed by atoms with Gasteiger partial charge in [-0.3, -0.25) is 4.79 Å². The van der Waals surface area contributed by atoms with Crippen LogP contribution in [0, 0.1) is 0 Å². The van der Waals surface area contributed by atoms with E-state index in [-0.39, 0.29) is 31.0 Å². The summed E-state index contributed by atoms with van der Waals surface area (Å²) >= 11 is 0. The minimum absolute atomic E-state index is 0.114. The number of rotatable bonds is 8. The van der Waals surface area contributed by atoms with Gasteiger partial charge in [0.1, 0.15) is 6.04 Å². The van der Waals surface area contributed by atoms with Crippen LogP contribution in [0.2, 0.25) is 0 Å². The van der Waals surface area contributed by atoms with E-state index in [1.165, 1.54) is 0 Å². The second-order valence-electron chi connectivity index (χ2n) is 7.00. The van der Waals surface area contributed by atoms with Gasteiger partial charge >= 0.3 is 5.97 Å². The summed E-state index contributed by atoms with van der Waals surface area (Å²) in [6, 6.07) is 8.25. The van der Waals surface area contributed by atoms with E-state index >= 15 is 0 Å². The molecule has 140 valence electrons. The van der Waals surface area contributed by atoms with E-state index in [2.05, 4.69) is 10.4 Å². The van der Waals surface area contributed by atoms with Crippen molar-refractivity contribution in [1.29, 1.82) is 0 Å². The average Bonchev–Trinajstić information content (AvgIpc) is 3.07. The molecule has 2 aromatic rings. The number of carbonyl (C=O) groups excluding carboxylic acids is 1. The molecule has 1 aromatic carbocycles. The highest BCUT2D eigenvalue weighted by Crippen LogP contribution is 2.10. The van der Waals surface area contributed by atoms with Gasteiger partial charge in [-0.05, 0) is 44.5 Å². The Bertz CT molecular complexity index is 718. The molecule has 0 aliphatic heterocycles. The van der Waals surface area contributed by atoms with Gasteiger partial charge in [0.05, 0.1) is 17.7 Å². The monoisotopic (exact) mass is 359 g/mol. The Hall–Kier alpha value is -2.67. The van der Waals surface area contributed by atoms with E-state index in [0.29, 0.717) is 0 Å². The molecule has 26 heavy (non-hydrogen) atoms. The number of carbonyl (C=O) groups is 2. The maximum atomic E-state index is 12.2. The van der Waals surface area contributed by atoms with Crippen LogP contribution < -0.4 is 5.32 Å². The normalized spacial score (nSPS) is 12.6. The maximum Gasteiger partial charge on any atom is 0.326 e. The smallest absolute Gasteiger partial charge is 0.326 e. The molecule has 0 radical (unpaired) electrons. The summed E-state index contributed by atoms with van der Waals surface area (Å²) in [5.41, 5.74) is 1.35. The Balaban J connectivity index is 1.88. The Kier molecular flexibility index (Phi) is 6.52. The summed E-state index contributed by atoms with van der Waals surface area (Å²) in [7, 11) is 0. The van der Waals surface area contributed by atoms with Gasteiger partial charge in [0.2, 0.25) is 5.91 Å². The van der Waals surface area contributed by atoms with Crippen LogP contribution in [-0.4, -0.2) is 45.0 Å². The standard InChI is InChI=1S/C19H25N3O4/c1-19(2,3)26-12-9-16(18(24)25)21-17(23)13-14-5-7-15(8-6-14)22-11-4-10-20-22/h4-8,10-11,16H,9,12-13H2,1-3H3,(H,21,23)(H,24,25). The second kappa shape index (κ2) is 8.62. The lowest BCUT2D eigenvalue weighted by Crippen LogP contribution is -2.42. The molecule has 0 aliphatic rings. The summed E-state index contributed by atoms with van der Waals surface area (Å²) in [6.45, 7) is 5.95. The molecular weight excluding hydrogens is 334 g/mol. The first-order valence-electron chi connectivity index (χ1n) is 8.50. The van der Waals surface area contributed by atoms with Crippen molar-refractivity contribution in [2.24, 2.45) is 0 Å².